The molecule has 0 saturated heterocycles. The van der Waals surface area contributed by atoms with Gasteiger partial charge in [-0.15, -0.1) is 4.72 Å². The van der Waals surface area contributed by atoms with E-state index in [-0.39, 0.29) is 12.2 Å². The zero-order valence-corrected chi connectivity index (χ0v) is 16.0. The summed E-state index contributed by atoms with van der Waals surface area (Å²) in [6.07, 6.45) is -0.0316. The fourth-order valence-corrected chi connectivity index (χ4v) is 3.04. The van der Waals surface area contributed by atoms with E-state index in [4.69, 9.17) is 9.47 Å². The fraction of sp³-hybridized carbons (Fsp3) is 0.588. The Kier molecular flexibility index (Phi) is 6.95. The maximum Gasteiger partial charge on any atom is 0.307 e. The number of nitrogens with one attached hydrogen (secondary N) is 1. The summed E-state index contributed by atoms with van der Waals surface area (Å²) >= 11 is -1.42. The van der Waals surface area contributed by atoms with Crippen LogP contribution in [-0.2, 0) is 26.4 Å². The third-order valence-electron chi connectivity index (χ3n) is 3.46. The molecule has 2 N–H and O–H groups in total. The Bertz CT molecular complexity index is 573. The molecule has 0 aliphatic rings. The molecule has 6 nitrogen and oxygen atoms in total. The van der Waals surface area contributed by atoms with Crippen LogP contribution in [-0.4, -0.2) is 34.1 Å². The summed E-state index contributed by atoms with van der Waals surface area (Å²) < 4.78 is 25.5. The van der Waals surface area contributed by atoms with Gasteiger partial charge in [-0.3, -0.25) is 4.79 Å². The van der Waals surface area contributed by atoms with Crippen LogP contribution in [0.3, 0.4) is 0 Å². The fourth-order valence-electron chi connectivity index (χ4n) is 2.15. The Morgan fingerprint density at radius 1 is 1.33 bits per heavy atom. The number of esters is 1. The molecule has 0 aliphatic heterocycles. The lowest BCUT2D eigenvalue weighted by molar-refractivity contribution is -0.142. The predicted octanol–water partition coefficient (Wildman–Crippen LogP) is 2.62. The maximum atomic E-state index is 12.6. The van der Waals surface area contributed by atoms with Crippen molar-refractivity contribution in [2.24, 2.45) is 0 Å². The molecule has 2 atom stereocenters. The van der Waals surface area contributed by atoms with Gasteiger partial charge in [-0.25, -0.2) is 0 Å². The molecule has 1 aromatic rings. The van der Waals surface area contributed by atoms with Crippen molar-refractivity contribution in [2.45, 2.75) is 51.3 Å². The van der Waals surface area contributed by atoms with E-state index in [1.807, 2.05) is 27.7 Å². The van der Waals surface area contributed by atoms with Crippen molar-refractivity contribution < 1.29 is 23.9 Å². The van der Waals surface area contributed by atoms with Crippen molar-refractivity contribution in [3.05, 3.63) is 23.8 Å². The predicted molar refractivity (Wildman–Crippen MR) is 94.3 cm³/mol. The van der Waals surface area contributed by atoms with Gasteiger partial charge in [0.05, 0.1) is 25.7 Å². The molecule has 7 heteroatoms. The van der Waals surface area contributed by atoms with Crippen LogP contribution in [0.5, 0.6) is 11.5 Å². The molecule has 1 aromatic carbocycles. The van der Waals surface area contributed by atoms with E-state index in [1.165, 1.54) is 19.2 Å². The lowest BCUT2D eigenvalue weighted by Gasteiger charge is -2.35. The Morgan fingerprint density at radius 2 is 1.96 bits per heavy atom. The highest BCUT2D eigenvalue weighted by atomic mass is 32.2. The van der Waals surface area contributed by atoms with Crippen LogP contribution in [0.25, 0.3) is 0 Å². The summed E-state index contributed by atoms with van der Waals surface area (Å²) in [5.41, 5.74) is -0.353. The summed E-state index contributed by atoms with van der Waals surface area (Å²) in [6, 6.07) is 4.65. The lowest BCUT2D eigenvalue weighted by Crippen LogP contribution is -2.51. The summed E-state index contributed by atoms with van der Waals surface area (Å²) in [4.78, 5) is 11.9. The summed E-state index contributed by atoms with van der Waals surface area (Å²) in [6.45, 7) is 9.51. The second-order valence-electron chi connectivity index (χ2n) is 6.68. The van der Waals surface area contributed by atoms with Gasteiger partial charge < -0.3 is 19.1 Å². The molecular weight excluding hydrogens is 330 g/mol. The summed E-state index contributed by atoms with van der Waals surface area (Å²) in [5.74, 6) is 0.0494. The maximum absolute atomic E-state index is 12.6. The zero-order valence-electron chi connectivity index (χ0n) is 15.1. The second-order valence-corrected chi connectivity index (χ2v) is 8.65. The summed E-state index contributed by atoms with van der Waals surface area (Å²) in [7, 11) is 1.31. The van der Waals surface area contributed by atoms with Crippen LogP contribution in [0, 0.1) is 0 Å². The quantitative estimate of drug-likeness (QED) is 0.576. The van der Waals surface area contributed by atoms with E-state index in [0.717, 1.165) is 0 Å². The van der Waals surface area contributed by atoms with Crippen molar-refractivity contribution in [2.75, 3.05) is 13.7 Å². The van der Waals surface area contributed by atoms with E-state index in [0.29, 0.717) is 17.9 Å². The molecular formula is C17H27NO5S. The molecule has 0 heterocycles. The number of carbonyl (C=O) groups is 1. The number of phenols is 1. The molecule has 1 rings (SSSR count). The first-order valence-corrected chi connectivity index (χ1v) is 8.91. The topological polar surface area (TPSA) is 90.9 Å². The van der Waals surface area contributed by atoms with Gasteiger partial charge in [0, 0.05) is 23.0 Å². The Balaban J connectivity index is 3.34. The monoisotopic (exact) mass is 357 g/mol. The number of phenolic OH excluding ortho intramolecular Hbond substituents is 1. The van der Waals surface area contributed by atoms with E-state index in [1.54, 1.807) is 13.0 Å². The average Bonchev–Trinajstić information content (AvgIpc) is 2.46. The molecule has 136 valence electrons. The number of hydrogen-bond donors (Lipinski definition) is 2. The summed E-state index contributed by atoms with van der Waals surface area (Å²) in [5, 5.41) is 9.72. The highest BCUT2D eigenvalue weighted by Crippen LogP contribution is 2.37. The number of carbonyl (C=O) groups excluding carboxylic acids is 1. The Hall–Kier alpha value is -1.44. The first-order valence-electron chi connectivity index (χ1n) is 7.76. The largest absolute Gasteiger partial charge is 0.598 e. The second kappa shape index (κ2) is 8.09. The molecule has 0 bridgehead atoms. The molecule has 0 saturated carbocycles. The minimum absolute atomic E-state index is 0.0316. The van der Waals surface area contributed by atoms with E-state index in [2.05, 4.69) is 4.72 Å². The van der Waals surface area contributed by atoms with Crippen molar-refractivity contribution in [3.8, 4) is 11.5 Å². The molecule has 0 radical (unpaired) electrons. The highest BCUT2D eigenvalue weighted by Gasteiger charge is 2.40. The van der Waals surface area contributed by atoms with E-state index < -0.39 is 27.6 Å². The van der Waals surface area contributed by atoms with Gasteiger partial charge in [0.25, 0.3) is 0 Å². The minimum Gasteiger partial charge on any atom is -0.598 e. The zero-order chi connectivity index (χ0) is 18.5. The van der Waals surface area contributed by atoms with Crippen LogP contribution in [0.1, 0.15) is 46.6 Å². The standard InChI is InChI=1S/C17H27NO5S/c1-7-23-14-10-12(19)8-9-13(14)17(5,11-15(20)22-6)18-24(21)16(2,3)4/h8-10,18-19H,7,11H2,1-6H3/t17-,24+/m1/s1. The number of methoxy groups -OCH3 is 1. The van der Waals surface area contributed by atoms with Crippen molar-refractivity contribution in [3.63, 3.8) is 0 Å². The molecule has 0 aliphatic carbocycles. The SMILES string of the molecule is CCOc1cc(O)ccc1[C@@](C)(CC(=O)OC)N[S@@+]([O-])C(C)(C)C. The van der Waals surface area contributed by atoms with Gasteiger partial charge in [0.1, 0.15) is 16.2 Å². The smallest absolute Gasteiger partial charge is 0.307 e. The molecule has 0 unspecified atom stereocenters. The van der Waals surface area contributed by atoms with Crippen LogP contribution < -0.4 is 9.46 Å². The minimum atomic E-state index is -1.42. The van der Waals surface area contributed by atoms with Crippen molar-refractivity contribution in [1.29, 1.82) is 0 Å². The Morgan fingerprint density at radius 3 is 2.46 bits per heavy atom. The molecule has 0 spiro atoms. The van der Waals surface area contributed by atoms with Gasteiger partial charge >= 0.3 is 5.97 Å². The lowest BCUT2D eigenvalue weighted by atomic mass is 9.89. The van der Waals surface area contributed by atoms with Crippen LogP contribution in [0.15, 0.2) is 18.2 Å². The number of aromatic hydroxyl groups is 1. The number of rotatable bonds is 7. The van der Waals surface area contributed by atoms with Gasteiger partial charge in [-0.1, -0.05) is 0 Å². The third-order valence-corrected chi connectivity index (χ3v) is 5.21. The van der Waals surface area contributed by atoms with Gasteiger partial charge in [-0.2, -0.15) is 0 Å². The highest BCUT2D eigenvalue weighted by molar-refractivity contribution is 7.90. The first-order chi connectivity index (χ1) is 11.0. The van der Waals surface area contributed by atoms with Gasteiger partial charge in [0.15, 0.2) is 0 Å². The first kappa shape index (κ1) is 20.6. The molecule has 24 heavy (non-hydrogen) atoms. The molecule has 0 aromatic heterocycles. The number of benzene rings is 1. The molecule has 0 amide bonds. The van der Waals surface area contributed by atoms with E-state index in [9.17, 15) is 14.5 Å². The van der Waals surface area contributed by atoms with Gasteiger partial charge in [0.2, 0.25) is 0 Å². The van der Waals surface area contributed by atoms with Crippen molar-refractivity contribution >= 4 is 17.3 Å². The number of ether oxygens (including phenoxy) is 2. The Labute approximate surface area is 146 Å². The van der Waals surface area contributed by atoms with E-state index >= 15 is 0 Å². The van der Waals surface area contributed by atoms with Crippen LogP contribution >= 0.6 is 0 Å². The molecule has 0 fully saturated rings. The van der Waals surface area contributed by atoms with Crippen molar-refractivity contribution in [1.82, 2.24) is 4.72 Å². The normalized spacial score (nSPS) is 15.5. The van der Waals surface area contributed by atoms with Gasteiger partial charge in [-0.05, 0) is 46.8 Å². The van der Waals surface area contributed by atoms with Crippen LogP contribution in [0.4, 0.5) is 0 Å². The number of hydrogen-bond acceptors (Lipinski definition) is 6. The third kappa shape index (κ3) is 5.29. The average molecular weight is 357 g/mol. The van der Waals surface area contributed by atoms with Crippen LogP contribution in [0.2, 0.25) is 0 Å².